The molecule has 0 spiro atoms. The molecule has 0 fully saturated rings. The molecule has 2 aromatic carbocycles. The van der Waals surface area contributed by atoms with Gasteiger partial charge >= 0.3 is 0 Å². The van der Waals surface area contributed by atoms with Crippen LogP contribution in [0.15, 0.2) is 47.4 Å². The maximum atomic E-state index is 13.1. The van der Waals surface area contributed by atoms with Gasteiger partial charge in [-0.05, 0) is 81.7 Å². The Morgan fingerprint density at radius 3 is 2.61 bits per heavy atom. The number of anilines is 1. The number of fused-ring (bicyclic) bond motifs is 1. The fraction of sp³-hybridized carbons (Fsp3) is 0.391. The van der Waals surface area contributed by atoms with Crippen LogP contribution in [-0.2, 0) is 4.79 Å². The zero-order valence-corrected chi connectivity index (χ0v) is 19.8. The van der Waals surface area contributed by atoms with Crippen molar-refractivity contribution in [1.29, 1.82) is 0 Å². The summed E-state index contributed by atoms with van der Waals surface area (Å²) in [7, 11) is 5.70. The van der Waals surface area contributed by atoms with Crippen LogP contribution in [0.5, 0.6) is 5.75 Å². The first-order valence-corrected chi connectivity index (χ1v) is 12.0. The average molecular weight is 462 g/mol. The van der Waals surface area contributed by atoms with Crippen molar-refractivity contribution in [3.05, 3.63) is 48.3 Å². The molecule has 0 aliphatic heterocycles. The van der Waals surface area contributed by atoms with Gasteiger partial charge in [-0.3, -0.25) is 9.69 Å². The molecule has 0 radical (unpaired) electrons. The second kappa shape index (κ2) is 11.5. The Labute approximate surface area is 191 Å². The number of hydrogen-bond acceptors (Lipinski definition) is 6. The van der Waals surface area contributed by atoms with Crippen LogP contribution in [0, 0.1) is 5.82 Å². The first-order chi connectivity index (χ1) is 15.0. The molecular formula is C23H28FN3O2S2. The topological polar surface area (TPSA) is 45.7 Å². The summed E-state index contributed by atoms with van der Waals surface area (Å²) in [5.74, 6) is 1.44. The number of halogens is 1. The molecule has 1 amide bonds. The largest absolute Gasteiger partial charge is 0.497 e. The van der Waals surface area contributed by atoms with Gasteiger partial charge in [0.15, 0.2) is 5.13 Å². The number of nitrogens with zero attached hydrogens (tertiary/aromatic N) is 3. The van der Waals surface area contributed by atoms with E-state index in [9.17, 15) is 9.18 Å². The van der Waals surface area contributed by atoms with E-state index in [0.717, 1.165) is 51.1 Å². The van der Waals surface area contributed by atoms with E-state index in [-0.39, 0.29) is 11.7 Å². The van der Waals surface area contributed by atoms with Crippen LogP contribution in [0.1, 0.15) is 19.3 Å². The fourth-order valence-corrected chi connectivity index (χ4v) is 4.98. The summed E-state index contributed by atoms with van der Waals surface area (Å²) >= 11 is 3.16. The number of methoxy groups -OCH3 is 1. The Morgan fingerprint density at radius 2 is 1.90 bits per heavy atom. The zero-order valence-electron chi connectivity index (χ0n) is 18.1. The third kappa shape index (κ3) is 6.92. The van der Waals surface area contributed by atoms with Gasteiger partial charge in [-0.2, -0.15) is 0 Å². The summed E-state index contributed by atoms with van der Waals surface area (Å²) in [6, 6.07) is 12.2. The second-order valence-corrected chi connectivity index (χ2v) is 9.62. The lowest BCUT2D eigenvalue weighted by molar-refractivity contribution is -0.118. The van der Waals surface area contributed by atoms with Crippen LogP contribution in [0.4, 0.5) is 9.52 Å². The lowest BCUT2D eigenvalue weighted by Gasteiger charge is -2.21. The Morgan fingerprint density at radius 1 is 1.13 bits per heavy atom. The summed E-state index contributed by atoms with van der Waals surface area (Å²) in [5.41, 5.74) is 0.873. The van der Waals surface area contributed by atoms with Gasteiger partial charge in [-0.15, -0.1) is 11.8 Å². The third-order valence-corrected chi connectivity index (χ3v) is 6.86. The number of thioether (sulfide) groups is 1. The first-order valence-electron chi connectivity index (χ1n) is 10.2. The SMILES string of the molecule is COc1ccc2nc(N(CCCN(C)C)C(=O)CCCSc3ccc(F)cc3)sc2c1. The highest BCUT2D eigenvalue weighted by Crippen LogP contribution is 2.32. The van der Waals surface area contributed by atoms with Crippen LogP contribution in [0.2, 0.25) is 0 Å². The monoisotopic (exact) mass is 461 g/mol. The van der Waals surface area contributed by atoms with Crippen LogP contribution >= 0.6 is 23.1 Å². The van der Waals surface area contributed by atoms with Crippen molar-refractivity contribution in [1.82, 2.24) is 9.88 Å². The third-order valence-electron chi connectivity index (χ3n) is 4.72. The van der Waals surface area contributed by atoms with Crippen LogP contribution in [0.3, 0.4) is 0 Å². The molecule has 1 aromatic heterocycles. The molecule has 0 unspecified atom stereocenters. The zero-order chi connectivity index (χ0) is 22.2. The number of thiazole rings is 1. The molecular weight excluding hydrogens is 433 g/mol. The smallest absolute Gasteiger partial charge is 0.228 e. The highest BCUT2D eigenvalue weighted by atomic mass is 32.2. The summed E-state index contributed by atoms with van der Waals surface area (Å²) in [6.07, 6.45) is 2.08. The minimum Gasteiger partial charge on any atom is -0.497 e. The van der Waals surface area contributed by atoms with Crippen molar-refractivity contribution >= 4 is 44.4 Å². The number of benzene rings is 2. The van der Waals surface area contributed by atoms with Gasteiger partial charge in [0.1, 0.15) is 11.6 Å². The number of rotatable bonds is 11. The molecule has 166 valence electrons. The lowest BCUT2D eigenvalue weighted by atomic mass is 10.3. The molecule has 0 aliphatic rings. The predicted molar refractivity (Wildman–Crippen MR) is 128 cm³/mol. The summed E-state index contributed by atoms with van der Waals surface area (Å²) in [6.45, 7) is 1.54. The molecule has 1 heterocycles. The number of ether oxygens (including phenoxy) is 1. The summed E-state index contributed by atoms with van der Waals surface area (Å²) in [4.78, 5) is 22.7. The summed E-state index contributed by atoms with van der Waals surface area (Å²) in [5, 5.41) is 0.734. The van der Waals surface area contributed by atoms with Gasteiger partial charge in [0.2, 0.25) is 5.91 Å². The van der Waals surface area contributed by atoms with Crippen LogP contribution in [0.25, 0.3) is 10.2 Å². The maximum absolute atomic E-state index is 13.1. The molecule has 0 saturated heterocycles. The van der Waals surface area contributed by atoms with E-state index in [1.807, 2.05) is 37.2 Å². The van der Waals surface area contributed by atoms with Gasteiger partial charge in [0.25, 0.3) is 0 Å². The van der Waals surface area contributed by atoms with Gasteiger partial charge in [0.05, 0.1) is 17.3 Å². The van der Waals surface area contributed by atoms with Crippen molar-refractivity contribution in [3.8, 4) is 5.75 Å². The molecule has 0 saturated carbocycles. The Kier molecular flexibility index (Phi) is 8.69. The lowest BCUT2D eigenvalue weighted by Crippen LogP contribution is -2.33. The van der Waals surface area contributed by atoms with Crippen molar-refractivity contribution in [2.24, 2.45) is 0 Å². The Hall–Kier alpha value is -2.16. The number of carbonyl (C=O) groups excluding carboxylic acids is 1. The van der Waals surface area contributed by atoms with Crippen LogP contribution < -0.4 is 9.64 Å². The van der Waals surface area contributed by atoms with E-state index in [0.29, 0.717) is 13.0 Å². The molecule has 8 heteroatoms. The van der Waals surface area contributed by atoms with Gasteiger partial charge < -0.3 is 9.64 Å². The quantitative estimate of drug-likeness (QED) is 0.286. The molecule has 31 heavy (non-hydrogen) atoms. The van der Waals surface area contributed by atoms with Gasteiger partial charge in [-0.25, -0.2) is 9.37 Å². The van der Waals surface area contributed by atoms with Gasteiger partial charge in [0, 0.05) is 17.9 Å². The van der Waals surface area contributed by atoms with Crippen LogP contribution in [-0.4, -0.2) is 55.8 Å². The highest BCUT2D eigenvalue weighted by molar-refractivity contribution is 7.99. The van der Waals surface area contributed by atoms with Crippen molar-refractivity contribution in [3.63, 3.8) is 0 Å². The minimum absolute atomic E-state index is 0.0875. The van der Waals surface area contributed by atoms with Crippen molar-refractivity contribution < 1.29 is 13.9 Å². The van der Waals surface area contributed by atoms with E-state index in [4.69, 9.17) is 9.72 Å². The average Bonchev–Trinajstić information content (AvgIpc) is 3.17. The van der Waals surface area contributed by atoms with Crippen molar-refractivity contribution in [2.75, 3.05) is 44.9 Å². The number of carbonyl (C=O) groups is 1. The van der Waals surface area contributed by atoms with E-state index >= 15 is 0 Å². The number of hydrogen-bond donors (Lipinski definition) is 0. The summed E-state index contributed by atoms with van der Waals surface area (Å²) < 4.78 is 19.3. The predicted octanol–water partition coefficient (Wildman–Crippen LogP) is 5.30. The molecule has 0 N–H and O–H groups in total. The van der Waals surface area contributed by atoms with Gasteiger partial charge in [-0.1, -0.05) is 11.3 Å². The normalized spacial score (nSPS) is 11.3. The number of amides is 1. The Bertz CT molecular complexity index is 992. The molecule has 3 aromatic rings. The fourth-order valence-electron chi connectivity index (χ4n) is 3.09. The van der Waals surface area contributed by atoms with E-state index < -0.39 is 0 Å². The standard InChI is InChI=1S/C23H28FN3O2S2/c1-26(2)13-5-14-27(23-25-20-12-9-18(29-3)16-21(20)31-23)22(28)6-4-15-30-19-10-7-17(24)8-11-19/h7-12,16H,4-6,13-15H2,1-3H3. The molecule has 0 bridgehead atoms. The molecule has 0 atom stereocenters. The van der Waals surface area contributed by atoms with Crippen molar-refractivity contribution in [2.45, 2.75) is 24.2 Å². The maximum Gasteiger partial charge on any atom is 0.228 e. The van der Waals surface area contributed by atoms with E-state index in [1.165, 1.54) is 23.5 Å². The Balaban J connectivity index is 1.64. The first kappa shape index (κ1) is 23.5. The van der Waals surface area contributed by atoms with E-state index in [2.05, 4.69) is 4.90 Å². The molecule has 5 nitrogen and oxygen atoms in total. The highest BCUT2D eigenvalue weighted by Gasteiger charge is 2.19. The van der Waals surface area contributed by atoms with E-state index in [1.54, 1.807) is 31.0 Å². The molecule has 3 rings (SSSR count). The number of aromatic nitrogens is 1. The second-order valence-electron chi connectivity index (χ2n) is 7.44. The molecule has 0 aliphatic carbocycles. The minimum atomic E-state index is -0.235.